The van der Waals surface area contributed by atoms with Gasteiger partial charge in [-0.2, -0.15) is 5.10 Å². The average molecular weight is 306 g/mol. The van der Waals surface area contributed by atoms with Crippen molar-refractivity contribution in [1.82, 2.24) is 14.5 Å². The van der Waals surface area contributed by atoms with E-state index < -0.39 is 10.0 Å². The summed E-state index contributed by atoms with van der Waals surface area (Å²) >= 11 is 0. The Hall–Kier alpha value is -1.86. The zero-order valence-electron chi connectivity index (χ0n) is 11.8. The lowest BCUT2D eigenvalue weighted by molar-refractivity contribution is 0.561. The Morgan fingerprint density at radius 3 is 2.71 bits per heavy atom. The molecule has 1 aromatic carbocycles. The van der Waals surface area contributed by atoms with Crippen LogP contribution in [0.2, 0.25) is 0 Å². The highest BCUT2D eigenvalue weighted by atomic mass is 32.2. The van der Waals surface area contributed by atoms with Gasteiger partial charge in [-0.05, 0) is 18.6 Å². The van der Waals surface area contributed by atoms with Gasteiger partial charge in [0, 0.05) is 32.4 Å². The molecule has 0 saturated carbocycles. The summed E-state index contributed by atoms with van der Waals surface area (Å²) in [5.41, 5.74) is 1.03. The lowest BCUT2D eigenvalue weighted by Gasteiger charge is -2.17. The first-order valence-corrected chi connectivity index (χ1v) is 8.34. The molecule has 1 fully saturated rings. The molecule has 1 N–H and O–H groups in total. The summed E-state index contributed by atoms with van der Waals surface area (Å²) in [5.74, 6) is 0. The molecule has 2 aromatic rings. The highest BCUT2D eigenvalue weighted by Crippen LogP contribution is 2.20. The SMILES string of the molecule is Cn1cc(N2CC[C@@H](NS(=O)(=O)c3ccccc3)C2)cn1. The second-order valence-corrected chi connectivity index (χ2v) is 6.95. The monoisotopic (exact) mass is 306 g/mol. The van der Waals surface area contributed by atoms with E-state index in [1.54, 1.807) is 41.2 Å². The molecule has 1 saturated heterocycles. The molecular formula is C14H18N4O2S. The zero-order chi connectivity index (χ0) is 14.9. The number of benzene rings is 1. The van der Waals surface area contributed by atoms with Crippen molar-refractivity contribution in [1.29, 1.82) is 0 Å². The zero-order valence-corrected chi connectivity index (χ0v) is 12.6. The number of hydrogen-bond acceptors (Lipinski definition) is 4. The Morgan fingerprint density at radius 1 is 1.29 bits per heavy atom. The third-order valence-electron chi connectivity index (χ3n) is 3.62. The van der Waals surface area contributed by atoms with E-state index in [9.17, 15) is 8.42 Å². The number of aryl methyl sites for hydroxylation is 1. The summed E-state index contributed by atoms with van der Waals surface area (Å²) in [6.45, 7) is 1.49. The standard InChI is InChI=1S/C14H18N4O2S/c1-17-11-13(9-15-17)18-8-7-12(10-18)16-21(19,20)14-5-3-2-4-6-14/h2-6,9,11-12,16H,7-8,10H2,1H3/t12-/m1/s1. The lowest BCUT2D eigenvalue weighted by atomic mass is 10.3. The van der Waals surface area contributed by atoms with Crippen LogP contribution in [0.4, 0.5) is 5.69 Å². The molecule has 1 aliphatic rings. The number of rotatable bonds is 4. The molecule has 3 rings (SSSR count). The van der Waals surface area contributed by atoms with Crippen LogP contribution >= 0.6 is 0 Å². The van der Waals surface area contributed by atoms with Crippen molar-refractivity contribution >= 4 is 15.7 Å². The summed E-state index contributed by atoms with van der Waals surface area (Å²) in [6, 6.07) is 8.40. The largest absolute Gasteiger partial charge is 0.367 e. The van der Waals surface area contributed by atoms with Crippen LogP contribution in [-0.2, 0) is 17.1 Å². The highest BCUT2D eigenvalue weighted by Gasteiger charge is 2.27. The number of anilines is 1. The van der Waals surface area contributed by atoms with E-state index in [-0.39, 0.29) is 6.04 Å². The third-order valence-corrected chi connectivity index (χ3v) is 5.16. The minimum absolute atomic E-state index is 0.0737. The van der Waals surface area contributed by atoms with Crippen molar-refractivity contribution in [2.45, 2.75) is 17.4 Å². The van der Waals surface area contributed by atoms with E-state index in [1.165, 1.54) is 0 Å². The molecule has 112 valence electrons. The van der Waals surface area contributed by atoms with Gasteiger partial charge in [-0.25, -0.2) is 13.1 Å². The first-order valence-electron chi connectivity index (χ1n) is 6.85. The molecule has 1 aromatic heterocycles. The Bertz CT molecular complexity index is 712. The summed E-state index contributed by atoms with van der Waals surface area (Å²) in [6.07, 6.45) is 4.53. The Labute approximate surface area is 124 Å². The van der Waals surface area contributed by atoms with E-state index in [0.29, 0.717) is 11.4 Å². The number of aromatic nitrogens is 2. The van der Waals surface area contributed by atoms with Gasteiger partial charge in [-0.15, -0.1) is 0 Å². The van der Waals surface area contributed by atoms with Gasteiger partial charge in [-0.1, -0.05) is 18.2 Å². The third kappa shape index (κ3) is 3.08. The van der Waals surface area contributed by atoms with E-state index in [2.05, 4.69) is 14.7 Å². The smallest absolute Gasteiger partial charge is 0.240 e. The second-order valence-electron chi connectivity index (χ2n) is 5.24. The van der Waals surface area contributed by atoms with Crippen molar-refractivity contribution in [3.63, 3.8) is 0 Å². The van der Waals surface area contributed by atoms with Crippen LogP contribution < -0.4 is 9.62 Å². The van der Waals surface area contributed by atoms with Crippen LogP contribution in [0.1, 0.15) is 6.42 Å². The van der Waals surface area contributed by atoms with Crippen molar-refractivity contribution in [2.24, 2.45) is 7.05 Å². The molecule has 0 unspecified atom stereocenters. The minimum atomic E-state index is -3.44. The van der Waals surface area contributed by atoms with Crippen molar-refractivity contribution in [3.8, 4) is 0 Å². The lowest BCUT2D eigenvalue weighted by Crippen LogP contribution is -2.37. The van der Waals surface area contributed by atoms with E-state index in [0.717, 1.165) is 18.7 Å². The van der Waals surface area contributed by atoms with Gasteiger partial charge in [0.2, 0.25) is 10.0 Å². The van der Waals surface area contributed by atoms with Gasteiger partial charge in [0.1, 0.15) is 0 Å². The fraction of sp³-hybridized carbons (Fsp3) is 0.357. The fourth-order valence-corrected chi connectivity index (χ4v) is 3.83. The minimum Gasteiger partial charge on any atom is -0.367 e. The van der Waals surface area contributed by atoms with Crippen LogP contribution in [0.25, 0.3) is 0 Å². The summed E-state index contributed by atoms with van der Waals surface area (Å²) in [4.78, 5) is 2.45. The summed E-state index contributed by atoms with van der Waals surface area (Å²) < 4.78 is 29.1. The highest BCUT2D eigenvalue weighted by molar-refractivity contribution is 7.89. The van der Waals surface area contributed by atoms with Gasteiger partial charge < -0.3 is 4.90 Å². The van der Waals surface area contributed by atoms with E-state index >= 15 is 0 Å². The first-order chi connectivity index (χ1) is 10.0. The molecule has 1 aliphatic heterocycles. The molecule has 0 spiro atoms. The number of hydrogen-bond donors (Lipinski definition) is 1. The maximum absolute atomic E-state index is 12.3. The predicted molar refractivity (Wildman–Crippen MR) is 80.6 cm³/mol. The van der Waals surface area contributed by atoms with Gasteiger partial charge in [0.15, 0.2) is 0 Å². The van der Waals surface area contributed by atoms with Crippen molar-refractivity contribution in [2.75, 3.05) is 18.0 Å². The van der Waals surface area contributed by atoms with Gasteiger partial charge >= 0.3 is 0 Å². The van der Waals surface area contributed by atoms with Gasteiger partial charge in [0.05, 0.1) is 16.8 Å². The van der Waals surface area contributed by atoms with Crippen LogP contribution in [-0.4, -0.2) is 37.3 Å². The normalized spacial score (nSPS) is 19.1. The Balaban J connectivity index is 1.67. The average Bonchev–Trinajstić information content (AvgIpc) is 3.08. The molecule has 21 heavy (non-hydrogen) atoms. The maximum atomic E-state index is 12.3. The quantitative estimate of drug-likeness (QED) is 0.914. The van der Waals surface area contributed by atoms with Crippen LogP contribution in [0.5, 0.6) is 0 Å². The first kappa shape index (κ1) is 14.1. The summed E-state index contributed by atoms with van der Waals surface area (Å²) in [7, 11) is -1.57. The molecule has 2 heterocycles. The topological polar surface area (TPSA) is 67.2 Å². The number of nitrogens with one attached hydrogen (secondary N) is 1. The van der Waals surface area contributed by atoms with Gasteiger partial charge in [-0.3, -0.25) is 4.68 Å². The summed E-state index contributed by atoms with van der Waals surface area (Å²) in [5, 5.41) is 4.14. The molecule has 6 nitrogen and oxygen atoms in total. The Morgan fingerprint density at radius 2 is 2.05 bits per heavy atom. The van der Waals surface area contributed by atoms with Crippen LogP contribution in [0.15, 0.2) is 47.6 Å². The molecule has 1 atom stereocenters. The van der Waals surface area contributed by atoms with E-state index in [1.807, 2.05) is 13.2 Å². The van der Waals surface area contributed by atoms with Crippen LogP contribution in [0, 0.1) is 0 Å². The second kappa shape index (κ2) is 5.50. The van der Waals surface area contributed by atoms with Gasteiger partial charge in [0.25, 0.3) is 0 Å². The number of nitrogens with zero attached hydrogens (tertiary/aromatic N) is 3. The molecule has 0 bridgehead atoms. The molecule has 7 heteroatoms. The number of sulfonamides is 1. The molecular weight excluding hydrogens is 288 g/mol. The molecule has 0 aliphatic carbocycles. The van der Waals surface area contributed by atoms with Crippen molar-refractivity contribution < 1.29 is 8.42 Å². The van der Waals surface area contributed by atoms with Crippen LogP contribution in [0.3, 0.4) is 0 Å². The van der Waals surface area contributed by atoms with E-state index in [4.69, 9.17) is 0 Å². The van der Waals surface area contributed by atoms with Crippen molar-refractivity contribution in [3.05, 3.63) is 42.7 Å². The Kier molecular flexibility index (Phi) is 3.69. The fourth-order valence-electron chi connectivity index (χ4n) is 2.55. The molecule has 0 radical (unpaired) electrons. The maximum Gasteiger partial charge on any atom is 0.240 e. The molecule has 0 amide bonds. The predicted octanol–water partition coefficient (Wildman–Crippen LogP) is 0.977.